The monoisotopic (exact) mass is 419 g/mol. The molecule has 0 saturated heterocycles. The van der Waals surface area contributed by atoms with Gasteiger partial charge in [0.25, 0.3) is 5.91 Å². The molecule has 2 aromatic rings. The predicted molar refractivity (Wildman–Crippen MR) is 110 cm³/mol. The quantitative estimate of drug-likeness (QED) is 0.741. The molecule has 1 aliphatic rings. The molecule has 154 valence electrons. The van der Waals surface area contributed by atoms with Crippen LogP contribution in [0, 0.1) is 11.6 Å². The Hall–Kier alpha value is -2.29. The van der Waals surface area contributed by atoms with E-state index < -0.39 is 22.6 Å². The SMILES string of the molecule is CO[C@H](C)C(=O)N1N=C(c2cc(F)ccc2F)S[C@]1(CCCN)c1ccccc1. The second-order valence-electron chi connectivity index (χ2n) is 6.70. The molecule has 5 nitrogen and oxygen atoms in total. The number of benzene rings is 2. The third-order valence-electron chi connectivity index (χ3n) is 4.81. The average molecular weight is 419 g/mol. The van der Waals surface area contributed by atoms with E-state index in [4.69, 9.17) is 10.5 Å². The number of halogens is 2. The number of carbonyl (C=O) groups excluding carboxylic acids is 1. The van der Waals surface area contributed by atoms with Crippen LogP contribution in [0.2, 0.25) is 0 Å². The number of ether oxygens (including phenoxy) is 1. The largest absolute Gasteiger partial charge is 0.372 e. The number of hydrazone groups is 1. The molecule has 1 aliphatic heterocycles. The summed E-state index contributed by atoms with van der Waals surface area (Å²) in [5.41, 5.74) is 6.60. The third-order valence-corrected chi connectivity index (χ3v) is 6.26. The van der Waals surface area contributed by atoms with E-state index >= 15 is 0 Å². The summed E-state index contributed by atoms with van der Waals surface area (Å²) < 4.78 is 33.5. The zero-order valence-corrected chi connectivity index (χ0v) is 17.1. The topological polar surface area (TPSA) is 67.9 Å². The van der Waals surface area contributed by atoms with Gasteiger partial charge in [-0.25, -0.2) is 13.8 Å². The molecular formula is C21H23F2N3O2S. The number of rotatable bonds is 7. The second-order valence-corrected chi connectivity index (χ2v) is 7.97. The molecule has 0 aliphatic carbocycles. The lowest BCUT2D eigenvalue weighted by Crippen LogP contribution is -2.46. The van der Waals surface area contributed by atoms with Crippen LogP contribution in [0.25, 0.3) is 0 Å². The van der Waals surface area contributed by atoms with Gasteiger partial charge in [0.15, 0.2) is 0 Å². The summed E-state index contributed by atoms with van der Waals surface area (Å²) in [5.74, 6) is -1.55. The van der Waals surface area contributed by atoms with E-state index in [9.17, 15) is 13.6 Å². The minimum Gasteiger partial charge on any atom is -0.372 e. The molecule has 0 fully saturated rings. The van der Waals surface area contributed by atoms with E-state index in [0.717, 1.165) is 23.8 Å². The van der Waals surface area contributed by atoms with Gasteiger partial charge in [-0.05, 0) is 50.1 Å². The van der Waals surface area contributed by atoms with E-state index in [0.29, 0.717) is 19.4 Å². The van der Waals surface area contributed by atoms with Crippen LogP contribution in [0.4, 0.5) is 8.78 Å². The molecule has 0 radical (unpaired) electrons. The van der Waals surface area contributed by atoms with Crippen molar-refractivity contribution in [3.05, 3.63) is 71.3 Å². The van der Waals surface area contributed by atoms with Crippen molar-refractivity contribution in [3.8, 4) is 0 Å². The van der Waals surface area contributed by atoms with E-state index in [2.05, 4.69) is 5.10 Å². The average Bonchev–Trinajstić information content (AvgIpc) is 3.14. The van der Waals surface area contributed by atoms with Crippen molar-refractivity contribution in [1.29, 1.82) is 0 Å². The van der Waals surface area contributed by atoms with Gasteiger partial charge in [0.2, 0.25) is 0 Å². The molecule has 0 saturated carbocycles. The minimum atomic E-state index is -0.932. The molecule has 29 heavy (non-hydrogen) atoms. The summed E-state index contributed by atoms with van der Waals surface area (Å²) in [7, 11) is 1.44. The van der Waals surface area contributed by atoms with Crippen LogP contribution in [0.3, 0.4) is 0 Å². The van der Waals surface area contributed by atoms with Gasteiger partial charge in [-0.15, -0.1) is 0 Å². The molecule has 2 aromatic carbocycles. The summed E-state index contributed by atoms with van der Waals surface area (Å²) in [4.78, 5) is 12.2. The number of hydrogen-bond donors (Lipinski definition) is 1. The van der Waals surface area contributed by atoms with Crippen LogP contribution in [0.1, 0.15) is 30.9 Å². The molecule has 2 atom stereocenters. The Balaban J connectivity index is 2.15. The van der Waals surface area contributed by atoms with Gasteiger partial charge in [-0.2, -0.15) is 5.10 Å². The van der Waals surface area contributed by atoms with Crippen LogP contribution < -0.4 is 5.73 Å². The van der Waals surface area contributed by atoms with E-state index in [1.165, 1.54) is 23.9 Å². The first-order chi connectivity index (χ1) is 13.9. The molecule has 0 unspecified atom stereocenters. The Kier molecular flexibility index (Phi) is 6.66. The first-order valence-corrected chi connectivity index (χ1v) is 10.1. The third kappa shape index (κ3) is 4.19. The van der Waals surface area contributed by atoms with Gasteiger partial charge in [-0.3, -0.25) is 4.79 Å². The zero-order valence-electron chi connectivity index (χ0n) is 16.3. The fourth-order valence-electron chi connectivity index (χ4n) is 3.19. The van der Waals surface area contributed by atoms with E-state index in [1.54, 1.807) is 6.92 Å². The Labute approximate surface area is 172 Å². The first-order valence-electron chi connectivity index (χ1n) is 9.28. The van der Waals surface area contributed by atoms with Crippen molar-refractivity contribution >= 4 is 22.7 Å². The standard InChI is InChI=1S/C21H23F2N3O2S/c1-14(28-2)20(27)26-21(11-6-12-24,15-7-4-3-5-8-15)29-19(25-26)17-13-16(22)9-10-18(17)23/h3-5,7-10,13-14H,6,11-12,24H2,1-2H3/t14-,21-/m1/s1. The fraction of sp³-hybridized carbons (Fsp3) is 0.333. The highest BCUT2D eigenvalue weighted by Gasteiger charge is 2.49. The predicted octanol–water partition coefficient (Wildman–Crippen LogP) is 3.83. The maximum Gasteiger partial charge on any atom is 0.273 e. The van der Waals surface area contributed by atoms with Crippen molar-refractivity contribution in [2.24, 2.45) is 10.8 Å². The summed E-state index contributed by atoms with van der Waals surface area (Å²) in [5, 5.41) is 6.03. The second kappa shape index (κ2) is 9.02. The Morgan fingerprint density at radius 1 is 1.28 bits per heavy atom. The molecule has 0 aromatic heterocycles. The van der Waals surface area contributed by atoms with Gasteiger partial charge in [0.05, 0.1) is 0 Å². The number of methoxy groups -OCH3 is 1. The van der Waals surface area contributed by atoms with Crippen molar-refractivity contribution in [1.82, 2.24) is 5.01 Å². The summed E-state index contributed by atoms with van der Waals surface area (Å²) in [6.07, 6.45) is 0.350. The van der Waals surface area contributed by atoms with Crippen molar-refractivity contribution in [3.63, 3.8) is 0 Å². The lowest BCUT2D eigenvalue weighted by atomic mass is 10.00. The molecule has 0 spiro atoms. The Morgan fingerprint density at radius 3 is 2.66 bits per heavy atom. The van der Waals surface area contributed by atoms with Crippen molar-refractivity contribution in [2.75, 3.05) is 13.7 Å². The highest BCUT2D eigenvalue weighted by molar-refractivity contribution is 8.15. The van der Waals surface area contributed by atoms with Crippen LogP contribution in [-0.4, -0.2) is 35.7 Å². The number of hydrogen-bond acceptors (Lipinski definition) is 5. The first kappa shape index (κ1) is 21.4. The number of nitrogens with zero attached hydrogens (tertiary/aromatic N) is 2. The molecule has 1 heterocycles. The summed E-state index contributed by atoms with van der Waals surface area (Å²) >= 11 is 1.23. The highest BCUT2D eigenvalue weighted by Crippen LogP contribution is 2.50. The van der Waals surface area contributed by atoms with Crippen LogP contribution >= 0.6 is 11.8 Å². The van der Waals surface area contributed by atoms with Gasteiger partial charge in [0, 0.05) is 12.7 Å². The van der Waals surface area contributed by atoms with Crippen molar-refractivity contribution < 1.29 is 18.3 Å². The Bertz CT molecular complexity index is 910. The fourth-order valence-corrected chi connectivity index (χ4v) is 4.61. The number of amides is 1. The van der Waals surface area contributed by atoms with E-state index in [-0.39, 0.29) is 16.5 Å². The molecule has 2 N–H and O–H groups in total. The molecule has 8 heteroatoms. The van der Waals surface area contributed by atoms with Crippen LogP contribution in [-0.2, 0) is 14.4 Å². The molecule has 3 rings (SSSR count). The Morgan fingerprint density at radius 2 is 2.00 bits per heavy atom. The zero-order chi connectivity index (χ0) is 21.0. The van der Waals surface area contributed by atoms with Crippen molar-refractivity contribution in [2.45, 2.75) is 30.7 Å². The maximum atomic E-state index is 14.5. The van der Waals surface area contributed by atoms with Crippen LogP contribution in [0.15, 0.2) is 53.6 Å². The lowest BCUT2D eigenvalue weighted by molar-refractivity contribution is -0.144. The number of thioether (sulfide) groups is 1. The van der Waals surface area contributed by atoms with Gasteiger partial charge >= 0.3 is 0 Å². The minimum absolute atomic E-state index is 0.0171. The van der Waals surface area contributed by atoms with Gasteiger partial charge in [-0.1, -0.05) is 42.1 Å². The molecule has 0 bridgehead atoms. The molecule has 1 amide bonds. The summed E-state index contributed by atoms with van der Waals surface area (Å²) in [6.45, 7) is 2.04. The smallest absolute Gasteiger partial charge is 0.273 e. The lowest BCUT2D eigenvalue weighted by Gasteiger charge is -2.36. The number of carbonyl (C=O) groups is 1. The van der Waals surface area contributed by atoms with Crippen LogP contribution in [0.5, 0.6) is 0 Å². The van der Waals surface area contributed by atoms with E-state index in [1.807, 2.05) is 30.3 Å². The van der Waals surface area contributed by atoms with Gasteiger partial charge < -0.3 is 10.5 Å². The maximum absolute atomic E-state index is 14.5. The normalized spacial score (nSPS) is 19.9. The summed E-state index contributed by atoms with van der Waals surface area (Å²) in [6, 6.07) is 12.6. The van der Waals surface area contributed by atoms with Gasteiger partial charge in [0.1, 0.15) is 27.7 Å². The highest BCUT2D eigenvalue weighted by atomic mass is 32.2. The molecular weight excluding hydrogens is 396 g/mol. The number of nitrogens with two attached hydrogens (primary N) is 1.